The largest absolute Gasteiger partial charge is 0.461 e. The summed E-state index contributed by atoms with van der Waals surface area (Å²) in [5.74, 6) is 0.769. The minimum Gasteiger partial charge on any atom is -0.461 e. The van der Waals surface area contributed by atoms with Crippen molar-refractivity contribution in [1.82, 2.24) is 15.6 Å². The van der Waals surface area contributed by atoms with E-state index in [0.29, 0.717) is 12.1 Å². The maximum absolute atomic E-state index is 12.6. The fourth-order valence-electron chi connectivity index (χ4n) is 3.47. The van der Waals surface area contributed by atoms with Gasteiger partial charge in [0.2, 0.25) is 0 Å². The van der Waals surface area contributed by atoms with Gasteiger partial charge in [-0.15, -0.1) is 24.8 Å². The SMILES string of the molecule is Cc1cc2cc(C(=O)NCc3c(C)ncc4c3CCNC4)ccc2o1.Cl.Cl. The van der Waals surface area contributed by atoms with E-state index in [1.165, 1.54) is 11.1 Å². The number of aromatic nitrogens is 1. The minimum atomic E-state index is -0.0771. The lowest BCUT2D eigenvalue weighted by Crippen LogP contribution is -2.28. The highest BCUT2D eigenvalue weighted by atomic mass is 35.5. The molecule has 0 bridgehead atoms. The van der Waals surface area contributed by atoms with Gasteiger partial charge in [-0.1, -0.05) is 0 Å². The summed E-state index contributed by atoms with van der Waals surface area (Å²) in [5.41, 5.74) is 6.14. The van der Waals surface area contributed by atoms with Crippen LogP contribution in [0.15, 0.2) is 34.9 Å². The van der Waals surface area contributed by atoms with Crippen molar-refractivity contribution in [3.05, 3.63) is 64.2 Å². The first kappa shape index (κ1) is 21.2. The maximum atomic E-state index is 12.6. The van der Waals surface area contributed by atoms with Gasteiger partial charge in [0.05, 0.1) is 0 Å². The number of pyridine rings is 1. The Morgan fingerprint density at radius 2 is 2.07 bits per heavy atom. The van der Waals surface area contributed by atoms with Crippen LogP contribution in [0.1, 0.15) is 38.5 Å². The van der Waals surface area contributed by atoms with E-state index in [4.69, 9.17) is 4.42 Å². The molecule has 0 spiro atoms. The van der Waals surface area contributed by atoms with Gasteiger partial charge < -0.3 is 15.1 Å². The monoisotopic (exact) mass is 407 g/mol. The molecule has 1 amide bonds. The predicted octanol–water partition coefficient (Wildman–Crippen LogP) is 3.86. The van der Waals surface area contributed by atoms with Crippen LogP contribution in [0.2, 0.25) is 0 Å². The Labute approximate surface area is 170 Å². The minimum absolute atomic E-state index is 0. The van der Waals surface area contributed by atoms with E-state index in [-0.39, 0.29) is 30.7 Å². The molecule has 0 fully saturated rings. The molecule has 1 aliphatic rings. The maximum Gasteiger partial charge on any atom is 0.251 e. The van der Waals surface area contributed by atoms with E-state index in [0.717, 1.165) is 47.5 Å². The lowest BCUT2D eigenvalue weighted by molar-refractivity contribution is 0.0951. The lowest BCUT2D eigenvalue weighted by Gasteiger charge is -2.21. The number of furan rings is 1. The van der Waals surface area contributed by atoms with Gasteiger partial charge in [0.1, 0.15) is 11.3 Å². The third-order valence-corrected chi connectivity index (χ3v) is 4.80. The fourth-order valence-corrected chi connectivity index (χ4v) is 3.47. The number of benzene rings is 1. The average Bonchev–Trinajstić information content (AvgIpc) is 2.99. The normalized spacial score (nSPS) is 12.7. The second-order valence-corrected chi connectivity index (χ2v) is 6.55. The summed E-state index contributed by atoms with van der Waals surface area (Å²) in [6, 6.07) is 7.47. The van der Waals surface area contributed by atoms with Crippen molar-refractivity contribution in [2.45, 2.75) is 33.4 Å². The van der Waals surface area contributed by atoms with Crippen molar-refractivity contribution in [2.75, 3.05) is 6.54 Å². The molecule has 7 heteroatoms. The first-order chi connectivity index (χ1) is 12.1. The molecule has 144 valence electrons. The molecule has 0 radical (unpaired) electrons. The van der Waals surface area contributed by atoms with Crippen molar-refractivity contribution in [3.8, 4) is 0 Å². The third kappa shape index (κ3) is 4.26. The molecule has 3 heterocycles. The highest BCUT2D eigenvalue weighted by Crippen LogP contribution is 2.22. The van der Waals surface area contributed by atoms with E-state index >= 15 is 0 Å². The Bertz CT molecular complexity index is 969. The number of nitrogens with zero attached hydrogens (tertiary/aromatic N) is 1. The molecule has 0 atom stereocenters. The number of aryl methyl sites for hydroxylation is 2. The molecule has 0 unspecified atom stereocenters. The van der Waals surface area contributed by atoms with Crippen molar-refractivity contribution in [3.63, 3.8) is 0 Å². The average molecular weight is 408 g/mol. The first-order valence-electron chi connectivity index (χ1n) is 8.57. The van der Waals surface area contributed by atoms with E-state index in [1.807, 2.05) is 38.2 Å². The summed E-state index contributed by atoms with van der Waals surface area (Å²) >= 11 is 0. The predicted molar refractivity (Wildman–Crippen MR) is 111 cm³/mol. The summed E-state index contributed by atoms with van der Waals surface area (Å²) in [7, 11) is 0. The van der Waals surface area contributed by atoms with Crippen LogP contribution in [0.4, 0.5) is 0 Å². The number of rotatable bonds is 3. The smallest absolute Gasteiger partial charge is 0.251 e. The molecule has 27 heavy (non-hydrogen) atoms. The molecule has 2 N–H and O–H groups in total. The van der Waals surface area contributed by atoms with Crippen LogP contribution in [-0.2, 0) is 19.5 Å². The van der Waals surface area contributed by atoms with Gasteiger partial charge in [-0.2, -0.15) is 0 Å². The topological polar surface area (TPSA) is 67.2 Å². The highest BCUT2D eigenvalue weighted by Gasteiger charge is 2.16. The Morgan fingerprint density at radius 3 is 2.89 bits per heavy atom. The summed E-state index contributed by atoms with van der Waals surface area (Å²) < 4.78 is 5.56. The molecular weight excluding hydrogens is 385 g/mol. The Morgan fingerprint density at radius 1 is 1.26 bits per heavy atom. The summed E-state index contributed by atoms with van der Waals surface area (Å²) in [4.78, 5) is 17.1. The van der Waals surface area contributed by atoms with Crippen LogP contribution in [-0.4, -0.2) is 17.4 Å². The van der Waals surface area contributed by atoms with Crippen LogP contribution in [0, 0.1) is 13.8 Å². The number of hydrogen-bond acceptors (Lipinski definition) is 4. The number of carbonyl (C=O) groups is 1. The molecule has 1 aliphatic heterocycles. The quantitative estimate of drug-likeness (QED) is 0.691. The van der Waals surface area contributed by atoms with Gasteiger partial charge in [-0.25, -0.2) is 0 Å². The molecule has 0 saturated heterocycles. The van der Waals surface area contributed by atoms with Crippen LogP contribution < -0.4 is 10.6 Å². The van der Waals surface area contributed by atoms with E-state index < -0.39 is 0 Å². The standard InChI is InChI=1S/C20H21N3O2.2ClH/c1-12-7-15-8-14(3-4-19(15)25-12)20(24)23-11-18-13(2)22-10-16-9-21-6-5-17(16)18;;/h3-4,7-8,10,21H,5-6,9,11H2,1-2H3,(H,23,24);2*1H. The number of fused-ring (bicyclic) bond motifs is 2. The molecule has 3 aromatic rings. The van der Waals surface area contributed by atoms with Gasteiger partial charge in [-0.3, -0.25) is 9.78 Å². The molecule has 0 aliphatic carbocycles. The van der Waals surface area contributed by atoms with E-state index in [2.05, 4.69) is 15.6 Å². The Kier molecular flexibility index (Phi) is 6.87. The van der Waals surface area contributed by atoms with Gasteiger partial charge in [0, 0.05) is 35.9 Å². The zero-order valence-electron chi connectivity index (χ0n) is 15.3. The molecule has 0 saturated carbocycles. The van der Waals surface area contributed by atoms with Crippen molar-refractivity contribution < 1.29 is 9.21 Å². The number of halogens is 2. The van der Waals surface area contributed by atoms with Crippen LogP contribution >= 0.6 is 24.8 Å². The number of carbonyl (C=O) groups excluding carboxylic acids is 1. The second kappa shape index (κ2) is 8.74. The van der Waals surface area contributed by atoms with Crippen molar-refractivity contribution in [2.24, 2.45) is 0 Å². The zero-order chi connectivity index (χ0) is 17.4. The van der Waals surface area contributed by atoms with E-state index in [1.54, 1.807) is 6.07 Å². The van der Waals surface area contributed by atoms with Gasteiger partial charge in [-0.05, 0) is 67.8 Å². The van der Waals surface area contributed by atoms with Crippen LogP contribution in [0.3, 0.4) is 0 Å². The lowest BCUT2D eigenvalue weighted by atomic mass is 9.96. The second-order valence-electron chi connectivity index (χ2n) is 6.55. The number of nitrogens with one attached hydrogen (secondary N) is 2. The van der Waals surface area contributed by atoms with Crippen LogP contribution in [0.5, 0.6) is 0 Å². The molecular formula is C20H23Cl2N3O2. The highest BCUT2D eigenvalue weighted by molar-refractivity contribution is 5.97. The summed E-state index contributed by atoms with van der Waals surface area (Å²) in [6.07, 6.45) is 2.92. The Balaban J connectivity index is 0.00000131. The van der Waals surface area contributed by atoms with Gasteiger partial charge >= 0.3 is 0 Å². The fraction of sp³-hybridized carbons (Fsp3) is 0.300. The summed E-state index contributed by atoms with van der Waals surface area (Å²) in [5, 5.41) is 7.36. The molecule has 1 aromatic carbocycles. The van der Waals surface area contributed by atoms with E-state index in [9.17, 15) is 4.79 Å². The number of hydrogen-bond donors (Lipinski definition) is 2. The molecule has 5 nitrogen and oxygen atoms in total. The zero-order valence-corrected chi connectivity index (χ0v) is 16.9. The Hall–Kier alpha value is -2.08. The summed E-state index contributed by atoms with van der Waals surface area (Å²) in [6.45, 7) is 6.23. The molecule has 4 rings (SSSR count). The van der Waals surface area contributed by atoms with Crippen molar-refractivity contribution >= 4 is 41.7 Å². The van der Waals surface area contributed by atoms with Gasteiger partial charge in [0.25, 0.3) is 5.91 Å². The third-order valence-electron chi connectivity index (χ3n) is 4.80. The van der Waals surface area contributed by atoms with Gasteiger partial charge in [0.15, 0.2) is 0 Å². The van der Waals surface area contributed by atoms with Crippen molar-refractivity contribution in [1.29, 1.82) is 0 Å². The molecule has 2 aromatic heterocycles. The number of amides is 1. The first-order valence-corrected chi connectivity index (χ1v) is 8.57. The van der Waals surface area contributed by atoms with Crippen LogP contribution in [0.25, 0.3) is 11.0 Å².